The Morgan fingerprint density at radius 3 is 2.11 bits per heavy atom. The summed E-state index contributed by atoms with van der Waals surface area (Å²) in [7, 11) is 0. The number of benzene rings is 2. The van der Waals surface area contributed by atoms with E-state index in [1.165, 1.54) is 18.2 Å². The first kappa shape index (κ1) is 19.1. The highest BCUT2D eigenvalue weighted by Crippen LogP contribution is 2.25. The number of imide groups is 1. The van der Waals surface area contributed by atoms with Crippen LogP contribution in [0, 0.1) is 0 Å². The van der Waals surface area contributed by atoms with E-state index in [1.54, 1.807) is 30.3 Å². The lowest BCUT2D eigenvalue weighted by Gasteiger charge is -2.29. The van der Waals surface area contributed by atoms with Crippen LogP contribution in [-0.2, 0) is 9.59 Å². The third kappa shape index (κ3) is 4.02. The number of nitrogens with zero attached hydrogens (tertiary/aromatic N) is 2. The largest absolute Gasteiger partial charge is 0.292 e. The first-order valence-electron chi connectivity index (χ1n) is 8.09. The van der Waals surface area contributed by atoms with Gasteiger partial charge in [0.15, 0.2) is 5.78 Å². The standard InChI is InChI=1S/C19H14Cl2N2O4/c20-14-7-6-13(10-15(14)21)19(27)22(23-17(25)8-9-18(23)26)11-16(24)12-4-2-1-3-5-12/h1-7,10H,8-9,11H2. The SMILES string of the molecule is O=C(CN(C(=O)c1ccc(Cl)c(Cl)c1)N1C(=O)CCC1=O)c1ccccc1. The van der Waals surface area contributed by atoms with Gasteiger partial charge in [-0.3, -0.25) is 19.2 Å². The van der Waals surface area contributed by atoms with Crippen LogP contribution in [-0.4, -0.2) is 40.1 Å². The molecule has 0 bridgehead atoms. The topological polar surface area (TPSA) is 74.8 Å². The highest BCUT2D eigenvalue weighted by atomic mass is 35.5. The number of hydrogen-bond acceptors (Lipinski definition) is 4. The molecule has 0 aromatic heterocycles. The minimum atomic E-state index is -0.693. The summed E-state index contributed by atoms with van der Waals surface area (Å²) in [4.78, 5) is 49.9. The zero-order valence-electron chi connectivity index (χ0n) is 14.0. The highest BCUT2D eigenvalue weighted by molar-refractivity contribution is 6.42. The maximum absolute atomic E-state index is 13.0. The third-order valence-electron chi connectivity index (χ3n) is 4.06. The van der Waals surface area contributed by atoms with E-state index in [9.17, 15) is 19.2 Å². The molecule has 0 unspecified atom stereocenters. The first-order chi connectivity index (χ1) is 12.9. The number of Topliss-reactive ketones (excluding diaryl/α,β-unsaturated/α-hetero) is 1. The molecule has 0 spiro atoms. The maximum Gasteiger partial charge on any atom is 0.273 e. The quantitative estimate of drug-likeness (QED) is 0.565. The van der Waals surface area contributed by atoms with Gasteiger partial charge in [0.1, 0.15) is 6.54 Å². The molecule has 3 amide bonds. The molecule has 0 saturated carbocycles. The van der Waals surface area contributed by atoms with Crippen molar-refractivity contribution in [1.82, 2.24) is 10.0 Å². The smallest absolute Gasteiger partial charge is 0.273 e. The number of ketones is 1. The summed E-state index contributed by atoms with van der Waals surface area (Å²) in [6.07, 6.45) is -0.0208. The monoisotopic (exact) mass is 404 g/mol. The fourth-order valence-corrected chi connectivity index (χ4v) is 2.99. The Hall–Kier alpha value is -2.70. The fraction of sp³-hybridized carbons (Fsp3) is 0.158. The van der Waals surface area contributed by atoms with Crippen molar-refractivity contribution in [3.8, 4) is 0 Å². The van der Waals surface area contributed by atoms with Gasteiger partial charge in [-0.2, -0.15) is 5.01 Å². The summed E-state index contributed by atoms with van der Waals surface area (Å²) in [5.74, 6) is -2.17. The molecular weight excluding hydrogens is 391 g/mol. The molecule has 2 aromatic rings. The number of hydrazine groups is 1. The van der Waals surface area contributed by atoms with Crippen LogP contribution in [0.5, 0.6) is 0 Å². The van der Waals surface area contributed by atoms with E-state index in [0.717, 1.165) is 10.0 Å². The van der Waals surface area contributed by atoms with E-state index < -0.39 is 30.0 Å². The Labute approximate surface area is 165 Å². The van der Waals surface area contributed by atoms with Crippen molar-refractivity contribution in [3.63, 3.8) is 0 Å². The molecule has 1 aliphatic heterocycles. The van der Waals surface area contributed by atoms with Gasteiger partial charge >= 0.3 is 0 Å². The van der Waals surface area contributed by atoms with E-state index in [1.807, 2.05) is 0 Å². The average molecular weight is 405 g/mol. The predicted molar refractivity (Wildman–Crippen MR) is 99.4 cm³/mol. The Bertz CT molecular complexity index is 915. The Morgan fingerprint density at radius 2 is 1.52 bits per heavy atom. The molecule has 0 N–H and O–H groups in total. The molecule has 0 atom stereocenters. The summed E-state index contributed by atoms with van der Waals surface area (Å²) in [5, 5.41) is 2.02. The van der Waals surface area contributed by atoms with Crippen molar-refractivity contribution in [3.05, 3.63) is 69.7 Å². The minimum absolute atomic E-state index is 0.0104. The summed E-state index contributed by atoms with van der Waals surface area (Å²) in [5.41, 5.74) is 0.473. The Morgan fingerprint density at radius 1 is 0.889 bits per heavy atom. The predicted octanol–water partition coefficient (Wildman–Crippen LogP) is 3.38. The summed E-state index contributed by atoms with van der Waals surface area (Å²) in [6.45, 7) is -0.458. The number of hydrogen-bond donors (Lipinski definition) is 0. The van der Waals surface area contributed by atoms with Gasteiger partial charge < -0.3 is 0 Å². The molecule has 2 aromatic carbocycles. The molecule has 1 aliphatic rings. The summed E-state index contributed by atoms with van der Waals surface area (Å²) < 4.78 is 0. The normalized spacial score (nSPS) is 13.8. The number of carbonyl (C=O) groups excluding carboxylic acids is 4. The van der Waals surface area contributed by atoms with Crippen LogP contribution in [0.15, 0.2) is 48.5 Å². The molecule has 8 heteroatoms. The summed E-state index contributed by atoms with van der Waals surface area (Å²) >= 11 is 11.8. The second kappa shape index (κ2) is 7.90. The van der Waals surface area contributed by atoms with E-state index >= 15 is 0 Å². The molecule has 1 heterocycles. The molecule has 1 fully saturated rings. The van der Waals surface area contributed by atoms with Gasteiger partial charge in [-0.1, -0.05) is 53.5 Å². The van der Waals surface area contributed by atoms with Crippen LogP contribution in [0.2, 0.25) is 10.0 Å². The maximum atomic E-state index is 13.0. The molecule has 6 nitrogen and oxygen atoms in total. The van der Waals surface area contributed by atoms with Gasteiger partial charge in [0.25, 0.3) is 5.91 Å². The van der Waals surface area contributed by atoms with Crippen molar-refractivity contribution in [2.45, 2.75) is 12.8 Å². The average Bonchev–Trinajstić information content (AvgIpc) is 3.00. The van der Waals surface area contributed by atoms with Crippen LogP contribution in [0.3, 0.4) is 0 Å². The molecule has 138 valence electrons. The van der Waals surface area contributed by atoms with Crippen molar-refractivity contribution >= 4 is 46.7 Å². The van der Waals surface area contributed by atoms with Crippen LogP contribution in [0.25, 0.3) is 0 Å². The van der Waals surface area contributed by atoms with E-state index in [-0.39, 0.29) is 28.5 Å². The van der Waals surface area contributed by atoms with Crippen LogP contribution >= 0.6 is 23.2 Å². The lowest BCUT2D eigenvalue weighted by molar-refractivity contribution is -0.152. The lowest BCUT2D eigenvalue weighted by Crippen LogP contribution is -2.51. The van der Waals surface area contributed by atoms with Crippen LogP contribution in [0.1, 0.15) is 33.6 Å². The lowest BCUT2D eigenvalue weighted by atomic mass is 10.1. The number of amides is 3. The van der Waals surface area contributed by atoms with E-state index in [2.05, 4.69) is 0 Å². The van der Waals surface area contributed by atoms with Crippen molar-refractivity contribution in [2.75, 3.05) is 6.54 Å². The minimum Gasteiger partial charge on any atom is -0.292 e. The zero-order chi connectivity index (χ0) is 19.6. The summed E-state index contributed by atoms with van der Waals surface area (Å²) in [6, 6.07) is 12.5. The van der Waals surface area contributed by atoms with Gasteiger partial charge in [0.05, 0.1) is 10.0 Å². The van der Waals surface area contributed by atoms with Gasteiger partial charge in [-0.15, -0.1) is 0 Å². The van der Waals surface area contributed by atoms with Crippen molar-refractivity contribution < 1.29 is 19.2 Å². The molecule has 3 rings (SSSR count). The van der Waals surface area contributed by atoms with Crippen molar-refractivity contribution in [2.24, 2.45) is 0 Å². The van der Waals surface area contributed by atoms with Crippen LogP contribution in [0.4, 0.5) is 0 Å². The molecule has 27 heavy (non-hydrogen) atoms. The number of rotatable bonds is 5. The molecule has 0 radical (unpaired) electrons. The van der Waals surface area contributed by atoms with Gasteiger partial charge in [0.2, 0.25) is 11.8 Å². The van der Waals surface area contributed by atoms with Crippen LogP contribution < -0.4 is 0 Å². The molecular formula is C19H14Cl2N2O4. The zero-order valence-corrected chi connectivity index (χ0v) is 15.5. The van der Waals surface area contributed by atoms with Crippen molar-refractivity contribution in [1.29, 1.82) is 0 Å². The number of carbonyl (C=O) groups is 4. The number of halogens is 2. The first-order valence-corrected chi connectivity index (χ1v) is 8.85. The highest BCUT2D eigenvalue weighted by Gasteiger charge is 2.38. The Balaban J connectivity index is 1.95. The fourth-order valence-electron chi connectivity index (χ4n) is 2.70. The van der Waals surface area contributed by atoms with E-state index in [4.69, 9.17) is 23.2 Å². The molecule has 1 saturated heterocycles. The Kier molecular flexibility index (Phi) is 5.58. The van der Waals surface area contributed by atoms with Gasteiger partial charge in [-0.05, 0) is 18.2 Å². The second-order valence-corrected chi connectivity index (χ2v) is 6.69. The van der Waals surface area contributed by atoms with Gasteiger partial charge in [-0.25, -0.2) is 5.01 Å². The molecule has 0 aliphatic carbocycles. The van der Waals surface area contributed by atoms with E-state index in [0.29, 0.717) is 5.56 Å². The second-order valence-electron chi connectivity index (χ2n) is 5.88. The third-order valence-corrected chi connectivity index (χ3v) is 4.80. The van der Waals surface area contributed by atoms with Gasteiger partial charge in [0, 0.05) is 24.0 Å².